The highest BCUT2D eigenvalue weighted by molar-refractivity contribution is 5.40. The van der Waals surface area contributed by atoms with Gasteiger partial charge in [0, 0.05) is 25.0 Å². The highest BCUT2D eigenvalue weighted by Crippen LogP contribution is 2.28. The van der Waals surface area contributed by atoms with E-state index in [9.17, 15) is 0 Å². The summed E-state index contributed by atoms with van der Waals surface area (Å²) >= 11 is 0. The molecule has 0 radical (unpaired) electrons. The van der Waals surface area contributed by atoms with Crippen molar-refractivity contribution in [1.29, 1.82) is 0 Å². The standard InChI is InChI=1S/C17H28N2O/c1-5-19(6-2)12-13(3)18-14(4)15-7-8-17-16(11-15)9-10-20-17/h7-8,11,13-14,18H,5-6,9-10,12H2,1-4H3. The maximum atomic E-state index is 5.57. The number of likely N-dealkylation sites (N-methyl/N-ethyl adjacent to an activating group) is 1. The van der Waals surface area contributed by atoms with Crippen LogP contribution in [-0.4, -0.2) is 37.2 Å². The Labute approximate surface area is 123 Å². The zero-order chi connectivity index (χ0) is 14.5. The molecule has 1 N–H and O–H groups in total. The summed E-state index contributed by atoms with van der Waals surface area (Å²) in [6.45, 7) is 13.1. The van der Waals surface area contributed by atoms with E-state index in [0.29, 0.717) is 12.1 Å². The van der Waals surface area contributed by atoms with Gasteiger partial charge in [0.1, 0.15) is 5.75 Å². The van der Waals surface area contributed by atoms with Gasteiger partial charge in [-0.05, 0) is 44.1 Å². The summed E-state index contributed by atoms with van der Waals surface area (Å²) in [4.78, 5) is 2.46. The van der Waals surface area contributed by atoms with Crippen molar-refractivity contribution in [3.05, 3.63) is 29.3 Å². The van der Waals surface area contributed by atoms with Crippen molar-refractivity contribution in [2.24, 2.45) is 0 Å². The minimum Gasteiger partial charge on any atom is -0.493 e. The van der Waals surface area contributed by atoms with E-state index in [1.54, 1.807) is 0 Å². The number of fused-ring (bicyclic) bond motifs is 1. The third kappa shape index (κ3) is 3.74. The molecule has 1 aliphatic heterocycles. The fourth-order valence-corrected chi connectivity index (χ4v) is 2.92. The summed E-state index contributed by atoms with van der Waals surface area (Å²) in [5.74, 6) is 1.07. The largest absolute Gasteiger partial charge is 0.493 e. The van der Waals surface area contributed by atoms with Crippen molar-refractivity contribution in [3.8, 4) is 5.75 Å². The van der Waals surface area contributed by atoms with E-state index in [1.807, 2.05) is 0 Å². The molecular weight excluding hydrogens is 248 g/mol. The topological polar surface area (TPSA) is 24.5 Å². The average Bonchev–Trinajstić information content (AvgIpc) is 2.91. The third-order valence-corrected chi connectivity index (χ3v) is 4.17. The van der Waals surface area contributed by atoms with Crippen molar-refractivity contribution in [2.45, 2.75) is 46.2 Å². The maximum absolute atomic E-state index is 5.57. The van der Waals surface area contributed by atoms with Crippen LogP contribution < -0.4 is 10.1 Å². The summed E-state index contributed by atoms with van der Waals surface area (Å²) in [6.07, 6.45) is 1.05. The number of benzene rings is 1. The number of ether oxygens (including phenoxy) is 1. The number of hydrogen-bond acceptors (Lipinski definition) is 3. The highest BCUT2D eigenvalue weighted by Gasteiger charge is 2.16. The van der Waals surface area contributed by atoms with E-state index in [-0.39, 0.29) is 0 Å². The third-order valence-electron chi connectivity index (χ3n) is 4.17. The molecule has 3 heteroatoms. The first kappa shape index (κ1) is 15.3. The van der Waals surface area contributed by atoms with Crippen LogP contribution in [0.25, 0.3) is 0 Å². The summed E-state index contributed by atoms with van der Waals surface area (Å²) < 4.78 is 5.57. The summed E-state index contributed by atoms with van der Waals surface area (Å²) in [6, 6.07) is 7.47. The molecule has 0 aliphatic carbocycles. The Morgan fingerprint density at radius 1 is 1.25 bits per heavy atom. The monoisotopic (exact) mass is 276 g/mol. The van der Waals surface area contributed by atoms with Crippen LogP contribution >= 0.6 is 0 Å². The molecule has 0 fully saturated rings. The van der Waals surface area contributed by atoms with Crippen molar-refractivity contribution >= 4 is 0 Å². The molecule has 1 heterocycles. The summed E-state index contributed by atoms with van der Waals surface area (Å²) in [5, 5.41) is 3.70. The van der Waals surface area contributed by atoms with Gasteiger partial charge in [-0.1, -0.05) is 26.0 Å². The molecule has 0 spiro atoms. The first-order valence-electron chi connectivity index (χ1n) is 7.88. The maximum Gasteiger partial charge on any atom is 0.122 e. The lowest BCUT2D eigenvalue weighted by Gasteiger charge is -2.26. The second kappa shape index (κ2) is 7.09. The zero-order valence-electron chi connectivity index (χ0n) is 13.3. The van der Waals surface area contributed by atoms with E-state index < -0.39 is 0 Å². The van der Waals surface area contributed by atoms with Crippen LogP contribution in [-0.2, 0) is 6.42 Å². The lowest BCUT2D eigenvalue weighted by Crippen LogP contribution is -2.40. The molecule has 0 saturated carbocycles. The lowest BCUT2D eigenvalue weighted by molar-refractivity contribution is 0.264. The van der Waals surface area contributed by atoms with Gasteiger partial charge in [-0.2, -0.15) is 0 Å². The van der Waals surface area contributed by atoms with Gasteiger partial charge < -0.3 is 15.0 Å². The first-order chi connectivity index (χ1) is 9.63. The quantitative estimate of drug-likeness (QED) is 0.828. The van der Waals surface area contributed by atoms with E-state index in [4.69, 9.17) is 4.74 Å². The van der Waals surface area contributed by atoms with E-state index in [0.717, 1.165) is 38.4 Å². The molecule has 1 aromatic carbocycles. The smallest absolute Gasteiger partial charge is 0.122 e. The number of nitrogens with one attached hydrogen (secondary N) is 1. The molecule has 0 amide bonds. The van der Waals surface area contributed by atoms with Crippen LogP contribution in [0.1, 0.15) is 44.9 Å². The Morgan fingerprint density at radius 3 is 2.70 bits per heavy atom. The van der Waals surface area contributed by atoms with Crippen LogP contribution in [0.4, 0.5) is 0 Å². The number of rotatable bonds is 7. The highest BCUT2D eigenvalue weighted by atomic mass is 16.5. The average molecular weight is 276 g/mol. The van der Waals surface area contributed by atoms with Crippen LogP contribution in [0.15, 0.2) is 18.2 Å². The number of hydrogen-bond donors (Lipinski definition) is 1. The fraction of sp³-hybridized carbons (Fsp3) is 0.647. The van der Waals surface area contributed by atoms with Gasteiger partial charge in [-0.25, -0.2) is 0 Å². The van der Waals surface area contributed by atoms with Crippen molar-refractivity contribution in [2.75, 3.05) is 26.2 Å². The summed E-state index contributed by atoms with van der Waals surface area (Å²) in [5.41, 5.74) is 2.72. The van der Waals surface area contributed by atoms with Crippen LogP contribution in [0.2, 0.25) is 0 Å². The van der Waals surface area contributed by atoms with Crippen LogP contribution in [0, 0.1) is 0 Å². The lowest BCUT2D eigenvalue weighted by atomic mass is 10.0. The van der Waals surface area contributed by atoms with E-state index >= 15 is 0 Å². The molecule has 2 rings (SSSR count). The molecule has 0 aromatic heterocycles. The normalized spacial score (nSPS) is 16.9. The van der Waals surface area contributed by atoms with Crippen molar-refractivity contribution in [3.63, 3.8) is 0 Å². The second-order valence-electron chi connectivity index (χ2n) is 5.74. The van der Waals surface area contributed by atoms with E-state index in [1.165, 1.54) is 11.1 Å². The van der Waals surface area contributed by atoms with Gasteiger partial charge in [0.05, 0.1) is 6.61 Å². The first-order valence-corrected chi connectivity index (χ1v) is 7.88. The van der Waals surface area contributed by atoms with Gasteiger partial charge in [0.15, 0.2) is 0 Å². The summed E-state index contributed by atoms with van der Waals surface area (Å²) in [7, 11) is 0. The fourth-order valence-electron chi connectivity index (χ4n) is 2.92. The minimum atomic E-state index is 0.381. The molecule has 20 heavy (non-hydrogen) atoms. The predicted molar refractivity (Wildman–Crippen MR) is 84.4 cm³/mol. The Kier molecular flexibility index (Phi) is 5.44. The van der Waals surface area contributed by atoms with Gasteiger partial charge in [0.25, 0.3) is 0 Å². The van der Waals surface area contributed by atoms with Crippen molar-refractivity contribution in [1.82, 2.24) is 10.2 Å². The Balaban J connectivity index is 1.92. The molecule has 1 aromatic rings. The Morgan fingerprint density at radius 2 is 2.00 bits per heavy atom. The van der Waals surface area contributed by atoms with Gasteiger partial charge >= 0.3 is 0 Å². The molecule has 2 unspecified atom stereocenters. The second-order valence-corrected chi connectivity index (χ2v) is 5.74. The van der Waals surface area contributed by atoms with Gasteiger partial charge in [-0.15, -0.1) is 0 Å². The van der Waals surface area contributed by atoms with Gasteiger partial charge in [0.2, 0.25) is 0 Å². The van der Waals surface area contributed by atoms with Gasteiger partial charge in [-0.3, -0.25) is 0 Å². The molecule has 0 bridgehead atoms. The molecule has 0 saturated heterocycles. The zero-order valence-corrected chi connectivity index (χ0v) is 13.3. The SMILES string of the molecule is CCN(CC)CC(C)NC(C)c1ccc2c(c1)CCO2. The minimum absolute atomic E-state index is 0.381. The molecule has 2 atom stereocenters. The Hall–Kier alpha value is -1.06. The molecular formula is C17H28N2O. The molecule has 3 nitrogen and oxygen atoms in total. The van der Waals surface area contributed by atoms with Crippen LogP contribution in [0.3, 0.4) is 0 Å². The van der Waals surface area contributed by atoms with E-state index in [2.05, 4.69) is 56.1 Å². The Bertz CT molecular complexity index is 429. The van der Waals surface area contributed by atoms with Crippen LogP contribution in [0.5, 0.6) is 5.75 Å². The van der Waals surface area contributed by atoms with Crippen molar-refractivity contribution < 1.29 is 4.74 Å². The molecule has 1 aliphatic rings. The number of nitrogens with zero attached hydrogens (tertiary/aromatic N) is 1. The predicted octanol–water partition coefficient (Wildman–Crippen LogP) is 3.00. The molecule has 112 valence electrons.